The standard InChI is InChI=1S/C11H17NO3/c1-15-11-5-3-2-4-9(11)6-12-7-10(14)8-13/h2-5,10,12-14H,6-8H2,1H3. The van der Waals surface area contributed by atoms with Crippen LogP contribution in [0.15, 0.2) is 24.3 Å². The molecule has 0 spiro atoms. The largest absolute Gasteiger partial charge is 0.496 e. The van der Waals surface area contributed by atoms with Gasteiger partial charge in [0.25, 0.3) is 0 Å². The zero-order chi connectivity index (χ0) is 11.1. The fourth-order valence-electron chi connectivity index (χ4n) is 1.29. The fourth-order valence-corrected chi connectivity index (χ4v) is 1.29. The van der Waals surface area contributed by atoms with E-state index in [4.69, 9.17) is 14.9 Å². The van der Waals surface area contributed by atoms with Crippen LogP contribution in [0.2, 0.25) is 0 Å². The first-order valence-corrected chi connectivity index (χ1v) is 4.89. The van der Waals surface area contributed by atoms with Gasteiger partial charge in [0.15, 0.2) is 0 Å². The first-order valence-electron chi connectivity index (χ1n) is 4.89. The summed E-state index contributed by atoms with van der Waals surface area (Å²) < 4.78 is 5.18. The molecule has 3 N–H and O–H groups in total. The van der Waals surface area contributed by atoms with Crippen molar-refractivity contribution in [1.29, 1.82) is 0 Å². The van der Waals surface area contributed by atoms with Crippen LogP contribution in [0.1, 0.15) is 5.56 Å². The molecule has 0 aliphatic rings. The Morgan fingerprint density at radius 1 is 1.40 bits per heavy atom. The molecule has 1 aromatic rings. The molecule has 0 heterocycles. The second kappa shape index (κ2) is 6.40. The van der Waals surface area contributed by atoms with E-state index in [1.54, 1.807) is 7.11 Å². The lowest BCUT2D eigenvalue weighted by atomic mass is 10.2. The maximum atomic E-state index is 9.12. The summed E-state index contributed by atoms with van der Waals surface area (Å²) in [5, 5.41) is 20.8. The minimum Gasteiger partial charge on any atom is -0.496 e. The average molecular weight is 211 g/mol. The highest BCUT2D eigenvalue weighted by atomic mass is 16.5. The Hall–Kier alpha value is -1.10. The summed E-state index contributed by atoms with van der Waals surface area (Å²) in [5.41, 5.74) is 1.03. The summed E-state index contributed by atoms with van der Waals surface area (Å²) in [6.07, 6.45) is -0.709. The van der Waals surface area contributed by atoms with E-state index in [1.165, 1.54) is 0 Å². The topological polar surface area (TPSA) is 61.7 Å². The summed E-state index contributed by atoms with van der Waals surface area (Å²) in [5.74, 6) is 0.823. The Morgan fingerprint density at radius 2 is 2.13 bits per heavy atom. The summed E-state index contributed by atoms with van der Waals surface area (Å²) in [6, 6.07) is 7.68. The minimum atomic E-state index is -0.709. The Balaban J connectivity index is 2.43. The Morgan fingerprint density at radius 3 is 2.80 bits per heavy atom. The number of nitrogens with one attached hydrogen (secondary N) is 1. The van der Waals surface area contributed by atoms with Crippen LogP contribution >= 0.6 is 0 Å². The first kappa shape index (κ1) is 12.0. The molecule has 15 heavy (non-hydrogen) atoms. The lowest BCUT2D eigenvalue weighted by Crippen LogP contribution is -2.29. The van der Waals surface area contributed by atoms with Gasteiger partial charge < -0.3 is 20.3 Å². The molecular weight excluding hydrogens is 194 g/mol. The maximum absolute atomic E-state index is 9.12. The molecule has 0 fully saturated rings. The SMILES string of the molecule is COc1ccccc1CNCC(O)CO. The van der Waals surface area contributed by atoms with Crippen LogP contribution in [0, 0.1) is 0 Å². The van der Waals surface area contributed by atoms with Gasteiger partial charge in [-0.05, 0) is 6.07 Å². The van der Waals surface area contributed by atoms with Crippen LogP contribution in [-0.4, -0.2) is 36.6 Å². The molecule has 0 saturated carbocycles. The smallest absolute Gasteiger partial charge is 0.123 e. The average Bonchev–Trinajstić information content (AvgIpc) is 2.29. The van der Waals surface area contributed by atoms with Crippen LogP contribution in [-0.2, 0) is 6.54 Å². The quantitative estimate of drug-likeness (QED) is 0.626. The van der Waals surface area contributed by atoms with E-state index in [1.807, 2.05) is 24.3 Å². The fraction of sp³-hybridized carbons (Fsp3) is 0.455. The van der Waals surface area contributed by atoms with Gasteiger partial charge in [0.1, 0.15) is 5.75 Å². The highest BCUT2D eigenvalue weighted by molar-refractivity contribution is 5.32. The third-order valence-corrected chi connectivity index (χ3v) is 2.10. The first-order chi connectivity index (χ1) is 7.27. The molecule has 1 aromatic carbocycles. The van der Waals surface area contributed by atoms with Crippen molar-refractivity contribution in [3.05, 3.63) is 29.8 Å². The molecule has 0 amide bonds. The van der Waals surface area contributed by atoms with Gasteiger partial charge in [0, 0.05) is 18.7 Å². The molecule has 0 aliphatic heterocycles. The van der Waals surface area contributed by atoms with Gasteiger partial charge in [-0.3, -0.25) is 0 Å². The van der Waals surface area contributed by atoms with Crippen molar-refractivity contribution >= 4 is 0 Å². The lowest BCUT2D eigenvalue weighted by molar-refractivity contribution is 0.0942. The van der Waals surface area contributed by atoms with Gasteiger partial charge in [0.05, 0.1) is 19.8 Å². The molecule has 4 heteroatoms. The molecule has 1 unspecified atom stereocenters. The normalized spacial score (nSPS) is 12.5. The number of methoxy groups -OCH3 is 1. The molecular formula is C11H17NO3. The number of hydrogen-bond donors (Lipinski definition) is 3. The van der Waals surface area contributed by atoms with E-state index >= 15 is 0 Å². The van der Waals surface area contributed by atoms with Gasteiger partial charge in [-0.25, -0.2) is 0 Å². The van der Waals surface area contributed by atoms with Crippen molar-refractivity contribution < 1.29 is 14.9 Å². The second-order valence-corrected chi connectivity index (χ2v) is 3.28. The summed E-state index contributed by atoms with van der Waals surface area (Å²) in [7, 11) is 1.63. The van der Waals surface area contributed by atoms with E-state index in [0.717, 1.165) is 11.3 Å². The van der Waals surface area contributed by atoms with Crippen molar-refractivity contribution in [1.82, 2.24) is 5.32 Å². The molecule has 84 valence electrons. The zero-order valence-electron chi connectivity index (χ0n) is 8.81. The molecule has 0 aromatic heterocycles. The van der Waals surface area contributed by atoms with Crippen molar-refractivity contribution in [3.8, 4) is 5.75 Å². The summed E-state index contributed by atoms with van der Waals surface area (Å²) in [4.78, 5) is 0. The maximum Gasteiger partial charge on any atom is 0.123 e. The van der Waals surface area contributed by atoms with E-state index < -0.39 is 6.10 Å². The van der Waals surface area contributed by atoms with Crippen LogP contribution < -0.4 is 10.1 Å². The number of benzene rings is 1. The lowest BCUT2D eigenvalue weighted by Gasteiger charge is -2.11. The predicted molar refractivity (Wildman–Crippen MR) is 57.8 cm³/mol. The number of aliphatic hydroxyl groups excluding tert-OH is 2. The third-order valence-electron chi connectivity index (χ3n) is 2.10. The van der Waals surface area contributed by atoms with E-state index in [0.29, 0.717) is 13.1 Å². The zero-order valence-corrected chi connectivity index (χ0v) is 8.81. The molecule has 0 radical (unpaired) electrons. The van der Waals surface area contributed by atoms with Crippen molar-refractivity contribution in [3.63, 3.8) is 0 Å². The van der Waals surface area contributed by atoms with Gasteiger partial charge in [0.2, 0.25) is 0 Å². The molecule has 1 atom stereocenters. The predicted octanol–water partition coefficient (Wildman–Crippen LogP) is 0.138. The van der Waals surface area contributed by atoms with E-state index in [2.05, 4.69) is 5.32 Å². The van der Waals surface area contributed by atoms with Gasteiger partial charge in [-0.15, -0.1) is 0 Å². The minimum absolute atomic E-state index is 0.223. The molecule has 0 bridgehead atoms. The molecule has 4 nitrogen and oxygen atoms in total. The Kier molecular flexibility index (Phi) is 5.10. The van der Waals surface area contributed by atoms with Crippen molar-refractivity contribution in [2.75, 3.05) is 20.3 Å². The second-order valence-electron chi connectivity index (χ2n) is 3.28. The number of ether oxygens (including phenoxy) is 1. The monoisotopic (exact) mass is 211 g/mol. The van der Waals surface area contributed by atoms with E-state index in [9.17, 15) is 0 Å². The van der Waals surface area contributed by atoms with Crippen LogP contribution in [0.25, 0.3) is 0 Å². The van der Waals surface area contributed by atoms with Gasteiger partial charge >= 0.3 is 0 Å². The third kappa shape index (κ3) is 3.87. The van der Waals surface area contributed by atoms with Crippen molar-refractivity contribution in [2.45, 2.75) is 12.6 Å². The van der Waals surface area contributed by atoms with E-state index in [-0.39, 0.29) is 6.61 Å². The molecule has 0 aliphatic carbocycles. The van der Waals surface area contributed by atoms with Crippen LogP contribution in [0.4, 0.5) is 0 Å². The Labute approximate surface area is 89.5 Å². The number of rotatable bonds is 6. The van der Waals surface area contributed by atoms with Gasteiger partial charge in [-0.2, -0.15) is 0 Å². The van der Waals surface area contributed by atoms with Crippen LogP contribution in [0.3, 0.4) is 0 Å². The Bertz CT molecular complexity index is 291. The summed E-state index contributed by atoms with van der Waals surface area (Å²) in [6.45, 7) is 0.758. The number of para-hydroxylation sites is 1. The molecule has 0 saturated heterocycles. The highest BCUT2D eigenvalue weighted by Crippen LogP contribution is 2.16. The van der Waals surface area contributed by atoms with Crippen LogP contribution in [0.5, 0.6) is 5.75 Å². The highest BCUT2D eigenvalue weighted by Gasteiger charge is 2.03. The van der Waals surface area contributed by atoms with Crippen molar-refractivity contribution in [2.24, 2.45) is 0 Å². The number of hydrogen-bond acceptors (Lipinski definition) is 4. The van der Waals surface area contributed by atoms with Gasteiger partial charge in [-0.1, -0.05) is 18.2 Å². The molecule has 1 rings (SSSR count). The number of aliphatic hydroxyl groups is 2. The summed E-state index contributed by atoms with van der Waals surface area (Å²) >= 11 is 0.